The van der Waals surface area contributed by atoms with E-state index in [0.29, 0.717) is 13.6 Å². The Morgan fingerprint density at radius 2 is 2.00 bits per heavy atom. The summed E-state index contributed by atoms with van der Waals surface area (Å²) in [4.78, 5) is 11.7. The van der Waals surface area contributed by atoms with Crippen LogP contribution in [0.4, 0.5) is 0 Å². The van der Waals surface area contributed by atoms with Gasteiger partial charge in [-0.15, -0.1) is 0 Å². The van der Waals surface area contributed by atoms with Crippen molar-refractivity contribution in [1.29, 1.82) is 0 Å². The summed E-state index contributed by atoms with van der Waals surface area (Å²) in [7, 11) is 0. The Bertz CT molecular complexity index is 636. The molecule has 0 aliphatic rings. The second kappa shape index (κ2) is 6.85. The summed E-state index contributed by atoms with van der Waals surface area (Å²) >= 11 is 5.27. The van der Waals surface area contributed by atoms with Gasteiger partial charge in [-0.3, -0.25) is 4.79 Å². The minimum absolute atomic E-state index is 0.191. The lowest BCUT2D eigenvalue weighted by molar-refractivity contribution is 0.0955. The number of amides is 1. The van der Waals surface area contributed by atoms with E-state index >= 15 is 0 Å². The molecule has 2 aromatic carbocycles. The topological polar surface area (TPSA) is 61.7 Å². The molecule has 0 radical (unpaired) electrons. The monoisotopic (exact) mass is 444 g/mol. The Labute approximate surface area is 138 Å². The number of nitrogens with zero attached hydrogens (tertiary/aromatic N) is 1. The van der Waals surface area contributed by atoms with Crippen molar-refractivity contribution in [1.82, 2.24) is 5.43 Å². The fourth-order valence-electron chi connectivity index (χ4n) is 1.48. The highest BCUT2D eigenvalue weighted by Crippen LogP contribution is 2.29. The summed E-state index contributed by atoms with van der Waals surface area (Å²) < 4.78 is 1.29. The van der Waals surface area contributed by atoms with Crippen LogP contribution in [0, 0.1) is 3.57 Å². The van der Waals surface area contributed by atoms with Gasteiger partial charge in [0.15, 0.2) is 0 Å². The first kappa shape index (κ1) is 15.0. The largest absolute Gasteiger partial charge is 0.506 e. The highest BCUT2D eigenvalue weighted by molar-refractivity contribution is 14.1. The smallest absolute Gasteiger partial charge is 0.271 e. The third-order valence-corrected chi connectivity index (χ3v) is 3.88. The zero-order valence-corrected chi connectivity index (χ0v) is 13.9. The van der Waals surface area contributed by atoms with E-state index in [2.05, 4.69) is 26.5 Å². The summed E-state index contributed by atoms with van der Waals surface area (Å²) in [5.41, 5.74) is 3.77. The van der Waals surface area contributed by atoms with Crippen LogP contribution in [0.1, 0.15) is 15.9 Å². The van der Waals surface area contributed by atoms with E-state index < -0.39 is 0 Å². The summed E-state index contributed by atoms with van der Waals surface area (Å²) in [6, 6.07) is 12.3. The van der Waals surface area contributed by atoms with Gasteiger partial charge in [0.05, 0.1) is 14.3 Å². The maximum atomic E-state index is 11.7. The van der Waals surface area contributed by atoms with Crippen molar-refractivity contribution in [3.05, 3.63) is 61.6 Å². The lowest BCUT2D eigenvalue weighted by Gasteiger charge is -2.02. The number of carbonyl (C=O) groups is 1. The molecule has 102 valence electrons. The number of aromatic hydroxyl groups is 1. The summed E-state index contributed by atoms with van der Waals surface area (Å²) in [6.45, 7) is 0. The van der Waals surface area contributed by atoms with Crippen LogP contribution in [0.2, 0.25) is 0 Å². The average molecular weight is 445 g/mol. The molecule has 0 aliphatic heterocycles. The van der Waals surface area contributed by atoms with Crippen molar-refractivity contribution in [2.24, 2.45) is 5.10 Å². The van der Waals surface area contributed by atoms with Gasteiger partial charge in [0, 0.05) is 5.56 Å². The standard InChI is InChI=1S/C14H10BrIN2O2/c15-11-6-9(7-12(16)13(11)19)8-17-18-14(20)10-4-2-1-3-5-10/h1-8,19H,(H,18,20)/b17-8-. The Kier molecular flexibility index (Phi) is 5.13. The first-order chi connectivity index (χ1) is 9.58. The Morgan fingerprint density at radius 1 is 1.30 bits per heavy atom. The number of hydrazone groups is 1. The van der Waals surface area contributed by atoms with Crippen LogP contribution >= 0.6 is 38.5 Å². The van der Waals surface area contributed by atoms with Gasteiger partial charge < -0.3 is 5.11 Å². The van der Waals surface area contributed by atoms with E-state index in [1.807, 2.05) is 28.7 Å². The number of halogens is 2. The van der Waals surface area contributed by atoms with Gasteiger partial charge in [-0.2, -0.15) is 5.10 Å². The van der Waals surface area contributed by atoms with E-state index in [-0.39, 0.29) is 11.7 Å². The van der Waals surface area contributed by atoms with Gasteiger partial charge in [-0.1, -0.05) is 18.2 Å². The van der Waals surface area contributed by atoms with Gasteiger partial charge in [0.1, 0.15) is 5.75 Å². The van der Waals surface area contributed by atoms with Crippen molar-refractivity contribution >= 4 is 50.6 Å². The summed E-state index contributed by atoms with van der Waals surface area (Å²) in [6.07, 6.45) is 1.52. The van der Waals surface area contributed by atoms with Crippen LogP contribution in [-0.2, 0) is 0 Å². The molecule has 2 N–H and O–H groups in total. The second-order valence-corrected chi connectivity index (χ2v) is 5.91. The lowest BCUT2D eigenvalue weighted by Crippen LogP contribution is -2.17. The molecule has 0 saturated carbocycles. The zero-order chi connectivity index (χ0) is 14.5. The van der Waals surface area contributed by atoms with Crippen molar-refractivity contribution in [2.45, 2.75) is 0 Å². The minimum atomic E-state index is -0.269. The molecule has 0 unspecified atom stereocenters. The third-order valence-electron chi connectivity index (χ3n) is 2.45. The molecule has 4 nitrogen and oxygen atoms in total. The number of benzene rings is 2. The van der Waals surface area contributed by atoms with E-state index in [0.717, 1.165) is 5.56 Å². The average Bonchev–Trinajstić information content (AvgIpc) is 2.45. The Morgan fingerprint density at radius 3 is 2.65 bits per heavy atom. The fourth-order valence-corrected chi connectivity index (χ4v) is 2.98. The predicted molar refractivity (Wildman–Crippen MR) is 90.0 cm³/mol. The van der Waals surface area contributed by atoms with Gasteiger partial charge >= 0.3 is 0 Å². The van der Waals surface area contributed by atoms with Gasteiger partial charge in [-0.05, 0) is 68.3 Å². The van der Waals surface area contributed by atoms with Crippen LogP contribution in [0.25, 0.3) is 0 Å². The van der Waals surface area contributed by atoms with Crippen LogP contribution in [0.3, 0.4) is 0 Å². The Balaban J connectivity index is 2.06. The number of hydrogen-bond donors (Lipinski definition) is 2. The molecule has 0 aromatic heterocycles. The Hall–Kier alpha value is -1.41. The third kappa shape index (κ3) is 3.80. The lowest BCUT2D eigenvalue weighted by atomic mass is 10.2. The molecule has 0 saturated heterocycles. The van der Waals surface area contributed by atoms with E-state index in [1.54, 1.807) is 36.4 Å². The predicted octanol–water partition coefficient (Wildman–Crippen LogP) is 3.52. The number of hydrogen-bond acceptors (Lipinski definition) is 3. The molecular formula is C14H10BrIN2O2. The molecule has 0 spiro atoms. The highest BCUT2D eigenvalue weighted by Gasteiger charge is 2.05. The molecule has 2 rings (SSSR count). The fraction of sp³-hybridized carbons (Fsp3) is 0. The first-order valence-electron chi connectivity index (χ1n) is 5.64. The molecule has 6 heteroatoms. The number of phenolic OH excluding ortho intramolecular Hbond substituents is 1. The zero-order valence-electron chi connectivity index (χ0n) is 10.2. The quantitative estimate of drug-likeness (QED) is 0.432. The number of carbonyl (C=O) groups excluding carboxylic acids is 1. The van der Waals surface area contributed by atoms with E-state index in [4.69, 9.17) is 0 Å². The van der Waals surface area contributed by atoms with Crippen molar-refractivity contribution in [3.63, 3.8) is 0 Å². The van der Waals surface area contributed by atoms with Gasteiger partial charge in [0.25, 0.3) is 5.91 Å². The normalized spacial score (nSPS) is 10.7. The van der Waals surface area contributed by atoms with E-state index in [9.17, 15) is 9.90 Å². The second-order valence-electron chi connectivity index (χ2n) is 3.90. The molecule has 0 heterocycles. The molecule has 20 heavy (non-hydrogen) atoms. The van der Waals surface area contributed by atoms with Crippen molar-refractivity contribution in [2.75, 3.05) is 0 Å². The van der Waals surface area contributed by atoms with Gasteiger partial charge in [-0.25, -0.2) is 5.43 Å². The maximum Gasteiger partial charge on any atom is 0.271 e. The van der Waals surface area contributed by atoms with Crippen LogP contribution in [0.15, 0.2) is 52.0 Å². The van der Waals surface area contributed by atoms with Crippen LogP contribution < -0.4 is 5.43 Å². The molecule has 0 atom stereocenters. The molecule has 0 fully saturated rings. The molecule has 2 aromatic rings. The van der Waals surface area contributed by atoms with Crippen LogP contribution in [0.5, 0.6) is 5.75 Å². The van der Waals surface area contributed by atoms with Crippen LogP contribution in [-0.4, -0.2) is 17.2 Å². The van der Waals surface area contributed by atoms with E-state index in [1.165, 1.54) is 6.21 Å². The van der Waals surface area contributed by atoms with Crippen molar-refractivity contribution < 1.29 is 9.90 Å². The number of rotatable bonds is 3. The minimum Gasteiger partial charge on any atom is -0.506 e. The number of nitrogens with one attached hydrogen (secondary N) is 1. The molecular weight excluding hydrogens is 435 g/mol. The van der Waals surface area contributed by atoms with Crippen molar-refractivity contribution in [3.8, 4) is 5.75 Å². The molecule has 0 bridgehead atoms. The summed E-state index contributed by atoms with van der Waals surface area (Å²) in [5, 5.41) is 13.5. The summed E-state index contributed by atoms with van der Waals surface area (Å²) in [5.74, 6) is -0.0783. The SMILES string of the molecule is O=C(N/N=C\c1cc(Br)c(O)c(I)c1)c1ccccc1. The first-order valence-corrected chi connectivity index (χ1v) is 7.51. The molecule has 0 aliphatic carbocycles. The number of phenols is 1. The van der Waals surface area contributed by atoms with Gasteiger partial charge in [0.2, 0.25) is 0 Å². The highest BCUT2D eigenvalue weighted by atomic mass is 127. The molecule has 1 amide bonds. The maximum absolute atomic E-state index is 11.7.